The number of nitrogen functional groups attached to an aromatic ring is 1. The Morgan fingerprint density at radius 1 is 1.17 bits per heavy atom. The molecule has 4 N–H and O–H groups in total. The van der Waals surface area contributed by atoms with Gasteiger partial charge in [0.15, 0.2) is 0 Å². The van der Waals surface area contributed by atoms with Gasteiger partial charge in [0.1, 0.15) is 5.84 Å². The highest BCUT2D eigenvalue weighted by atomic mass is 16.1. The molecule has 0 aliphatic carbocycles. The third-order valence-corrected chi connectivity index (χ3v) is 3.99. The number of nitrogens with zero attached hydrogens (tertiary/aromatic N) is 1. The molecule has 3 aromatic rings. The molecular weight excluding hydrogens is 288 g/mol. The summed E-state index contributed by atoms with van der Waals surface area (Å²) < 4.78 is 1.62. The van der Waals surface area contributed by atoms with E-state index in [1.165, 1.54) is 0 Å². The topological polar surface area (TPSA) is 87.7 Å². The van der Waals surface area contributed by atoms with Crippen LogP contribution in [0.4, 0.5) is 0 Å². The summed E-state index contributed by atoms with van der Waals surface area (Å²) in [7, 11) is 0. The molecule has 0 bridgehead atoms. The molecule has 0 atom stereocenters. The van der Waals surface area contributed by atoms with Crippen LogP contribution in [0.2, 0.25) is 0 Å². The Morgan fingerprint density at radius 3 is 2.57 bits per heavy atom. The van der Waals surface area contributed by atoms with E-state index in [9.17, 15) is 4.79 Å². The van der Waals surface area contributed by atoms with E-state index in [0.717, 1.165) is 22.0 Å². The van der Waals surface area contributed by atoms with Crippen molar-refractivity contribution in [3.63, 3.8) is 0 Å². The number of H-pyrrole nitrogens is 1. The Kier molecular flexibility index (Phi) is 3.78. The lowest BCUT2D eigenvalue weighted by atomic mass is 10.0. The maximum atomic E-state index is 12.0. The Bertz CT molecular complexity index is 934. The highest BCUT2D eigenvalue weighted by molar-refractivity contribution is 5.99. The molecule has 0 fully saturated rings. The van der Waals surface area contributed by atoms with Crippen LogP contribution in [0.3, 0.4) is 0 Å². The second kappa shape index (κ2) is 5.76. The summed E-state index contributed by atoms with van der Waals surface area (Å²) >= 11 is 0. The van der Waals surface area contributed by atoms with Crippen LogP contribution in [0.5, 0.6) is 0 Å². The van der Waals surface area contributed by atoms with Crippen molar-refractivity contribution in [2.24, 2.45) is 5.73 Å². The number of rotatable bonds is 4. The molecule has 0 saturated heterocycles. The predicted molar refractivity (Wildman–Crippen MR) is 93.2 cm³/mol. The van der Waals surface area contributed by atoms with Crippen LogP contribution >= 0.6 is 0 Å². The average molecular weight is 308 g/mol. The fourth-order valence-corrected chi connectivity index (χ4v) is 2.61. The Morgan fingerprint density at radius 2 is 1.91 bits per heavy atom. The Labute approximate surface area is 134 Å². The van der Waals surface area contributed by atoms with Crippen LogP contribution in [0.25, 0.3) is 10.8 Å². The normalized spacial score (nSPS) is 11.3. The van der Waals surface area contributed by atoms with Crippen molar-refractivity contribution in [2.75, 3.05) is 0 Å². The number of amidine groups is 1. The van der Waals surface area contributed by atoms with E-state index in [1.54, 1.807) is 10.7 Å². The van der Waals surface area contributed by atoms with Crippen molar-refractivity contribution in [3.05, 3.63) is 69.6 Å². The lowest BCUT2D eigenvalue weighted by molar-refractivity contribution is 0.640. The molecule has 0 unspecified atom stereocenters. The van der Waals surface area contributed by atoms with Crippen molar-refractivity contribution in [1.82, 2.24) is 9.78 Å². The zero-order chi connectivity index (χ0) is 16.6. The molecule has 1 heterocycles. The van der Waals surface area contributed by atoms with Gasteiger partial charge in [-0.3, -0.25) is 15.3 Å². The molecule has 0 radical (unpaired) electrons. The number of nitrogens with two attached hydrogens (primary N) is 1. The van der Waals surface area contributed by atoms with E-state index >= 15 is 0 Å². The van der Waals surface area contributed by atoms with Gasteiger partial charge in [-0.15, -0.1) is 0 Å². The van der Waals surface area contributed by atoms with Crippen LogP contribution < -0.4 is 11.3 Å². The highest BCUT2D eigenvalue weighted by Gasteiger charge is 2.07. The summed E-state index contributed by atoms with van der Waals surface area (Å²) in [5.41, 5.74) is 8.20. The SMILES string of the molecule is CC(C)c1cc(=O)n(Cc2ccc3ccc(C(=N)N)cc3c2)[nH]1. The van der Waals surface area contributed by atoms with E-state index in [1.807, 2.05) is 36.4 Å². The number of fused-ring (bicyclic) bond motifs is 1. The minimum absolute atomic E-state index is 0.0220. The van der Waals surface area contributed by atoms with Crippen molar-refractivity contribution >= 4 is 16.6 Å². The smallest absolute Gasteiger partial charge is 0.267 e. The van der Waals surface area contributed by atoms with E-state index in [0.29, 0.717) is 18.0 Å². The Balaban J connectivity index is 1.97. The van der Waals surface area contributed by atoms with Gasteiger partial charge in [0.25, 0.3) is 5.56 Å². The highest BCUT2D eigenvalue weighted by Crippen LogP contribution is 2.18. The molecule has 118 valence electrons. The van der Waals surface area contributed by atoms with Gasteiger partial charge in [0.05, 0.1) is 6.54 Å². The number of benzene rings is 2. The van der Waals surface area contributed by atoms with E-state index in [4.69, 9.17) is 11.1 Å². The molecule has 3 rings (SSSR count). The third kappa shape index (κ3) is 3.04. The quantitative estimate of drug-likeness (QED) is 0.511. The number of aromatic amines is 1. The van der Waals surface area contributed by atoms with Crippen LogP contribution in [0.15, 0.2) is 47.3 Å². The number of hydrogen-bond acceptors (Lipinski definition) is 2. The molecule has 0 spiro atoms. The maximum absolute atomic E-state index is 12.0. The molecule has 0 saturated carbocycles. The van der Waals surface area contributed by atoms with Gasteiger partial charge in [-0.05, 0) is 34.4 Å². The minimum Gasteiger partial charge on any atom is -0.384 e. The van der Waals surface area contributed by atoms with Crippen molar-refractivity contribution < 1.29 is 0 Å². The molecular formula is C18H20N4O. The lowest BCUT2D eigenvalue weighted by Gasteiger charge is -2.07. The summed E-state index contributed by atoms with van der Waals surface area (Å²) in [6.45, 7) is 4.59. The fourth-order valence-electron chi connectivity index (χ4n) is 2.61. The summed E-state index contributed by atoms with van der Waals surface area (Å²) in [5, 5.41) is 12.8. The summed E-state index contributed by atoms with van der Waals surface area (Å²) in [6, 6.07) is 13.4. The average Bonchev–Trinajstić information content (AvgIpc) is 2.88. The zero-order valence-electron chi connectivity index (χ0n) is 13.3. The first kappa shape index (κ1) is 15.1. The monoisotopic (exact) mass is 308 g/mol. The Hall–Kier alpha value is -2.82. The van der Waals surface area contributed by atoms with E-state index < -0.39 is 0 Å². The summed E-state index contributed by atoms with van der Waals surface area (Å²) in [6.07, 6.45) is 0. The van der Waals surface area contributed by atoms with Gasteiger partial charge < -0.3 is 5.73 Å². The van der Waals surface area contributed by atoms with Gasteiger partial charge in [-0.2, -0.15) is 0 Å². The first-order valence-electron chi connectivity index (χ1n) is 7.61. The zero-order valence-corrected chi connectivity index (χ0v) is 13.3. The molecule has 5 nitrogen and oxygen atoms in total. The standard InChI is InChI=1S/C18H20N4O/c1-11(2)16-9-17(23)22(21-16)10-12-3-4-13-5-6-14(18(19)20)8-15(13)7-12/h3-9,11,21H,10H2,1-2H3,(H3,19,20). The largest absolute Gasteiger partial charge is 0.384 e. The molecule has 5 heteroatoms. The van der Waals surface area contributed by atoms with Crippen molar-refractivity contribution in [1.29, 1.82) is 5.41 Å². The number of nitrogens with one attached hydrogen (secondary N) is 2. The van der Waals surface area contributed by atoms with Crippen LogP contribution in [0.1, 0.15) is 36.6 Å². The van der Waals surface area contributed by atoms with Gasteiger partial charge in [0, 0.05) is 17.3 Å². The minimum atomic E-state index is -0.0220. The number of hydrogen-bond donors (Lipinski definition) is 3. The molecule has 0 aliphatic heterocycles. The first-order valence-corrected chi connectivity index (χ1v) is 7.61. The van der Waals surface area contributed by atoms with Gasteiger partial charge in [-0.25, -0.2) is 4.68 Å². The molecule has 1 aromatic heterocycles. The van der Waals surface area contributed by atoms with Gasteiger partial charge in [-0.1, -0.05) is 38.1 Å². The summed E-state index contributed by atoms with van der Waals surface area (Å²) in [5.74, 6) is 0.346. The second-order valence-corrected chi connectivity index (χ2v) is 6.10. The van der Waals surface area contributed by atoms with Crippen molar-refractivity contribution in [3.8, 4) is 0 Å². The maximum Gasteiger partial charge on any atom is 0.267 e. The van der Waals surface area contributed by atoms with E-state index in [2.05, 4.69) is 18.9 Å². The van der Waals surface area contributed by atoms with Crippen LogP contribution in [-0.4, -0.2) is 15.6 Å². The predicted octanol–water partition coefficient (Wildman–Crippen LogP) is 2.79. The third-order valence-electron chi connectivity index (χ3n) is 3.99. The molecule has 23 heavy (non-hydrogen) atoms. The lowest BCUT2D eigenvalue weighted by Crippen LogP contribution is -2.16. The number of aromatic nitrogens is 2. The molecule has 2 aromatic carbocycles. The second-order valence-electron chi connectivity index (χ2n) is 6.10. The van der Waals surface area contributed by atoms with Crippen LogP contribution in [0, 0.1) is 5.41 Å². The van der Waals surface area contributed by atoms with Gasteiger partial charge in [0.2, 0.25) is 0 Å². The van der Waals surface area contributed by atoms with E-state index in [-0.39, 0.29) is 11.4 Å². The summed E-state index contributed by atoms with van der Waals surface area (Å²) in [4.78, 5) is 12.0. The molecule has 0 amide bonds. The fraction of sp³-hybridized carbons (Fsp3) is 0.222. The van der Waals surface area contributed by atoms with Crippen molar-refractivity contribution in [2.45, 2.75) is 26.3 Å². The van der Waals surface area contributed by atoms with Gasteiger partial charge >= 0.3 is 0 Å². The van der Waals surface area contributed by atoms with Crippen LogP contribution in [-0.2, 0) is 6.54 Å². The first-order chi connectivity index (χ1) is 10.9. The molecule has 0 aliphatic rings.